The predicted octanol–water partition coefficient (Wildman–Crippen LogP) is 2.91. The third-order valence-electron chi connectivity index (χ3n) is 3.12. The predicted molar refractivity (Wildman–Crippen MR) is 54.4 cm³/mol. The maximum absolute atomic E-state index is 2.65. The van der Waals surface area contributed by atoms with Gasteiger partial charge < -0.3 is 4.90 Å². The van der Waals surface area contributed by atoms with Crippen molar-refractivity contribution < 1.29 is 0 Å². The Kier molecular flexibility index (Phi) is 4.67. The highest BCUT2D eigenvalue weighted by atomic mass is 15.1. The standard InChI is InChI=1S/C11H23N/c1-3-11(4-2)10-12-8-6-5-7-9-12/h11H,3-10H2,1-2H3. The minimum Gasteiger partial charge on any atom is -0.303 e. The summed E-state index contributed by atoms with van der Waals surface area (Å²) in [6, 6.07) is 0. The molecule has 1 saturated heterocycles. The highest BCUT2D eigenvalue weighted by Crippen LogP contribution is 2.14. The molecule has 0 spiro atoms. The molecule has 1 fully saturated rings. The number of hydrogen-bond acceptors (Lipinski definition) is 1. The van der Waals surface area contributed by atoms with Crippen LogP contribution in [0.4, 0.5) is 0 Å². The van der Waals surface area contributed by atoms with Crippen LogP contribution in [0.2, 0.25) is 0 Å². The third kappa shape index (κ3) is 3.14. The smallest absolute Gasteiger partial charge is 0.000945 e. The van der Waals surface area contributed by atoms with Gasteiger partial charge in [0.2, 0.25) is 0 Å². The van der Waals surface area contributed by atoms with Gasteiger partial charge in [0, 0.05) is 6.54 Å². The number of piperidine rings is 1. The van der Waals surface area contributed by atoms with E-state index in [4.69, 9.17) is 0 Å². The molecule has 0 bridgehead atoms. The normalized spacial score (nSPS) is 20.2. The van der Waals surface area contributed by atoms with Crippen molar-refractivity contribution in [1.29, 1.82) is 0 Å². The minimum atomic E-state index is 0.947. The molecule has 72 valence electrons. The lowest BCUT2D eigenvalue weighted by atomic mass is 10.0. The van der Waals surface area contributed by atoms with E-state index < -0.39 is 0 Å². The van der Waals surface area contributed by atoms with E-state index in [1.54, 1.807) is 0 Å². The Bertz CT molecular complexity index is 102. The number of rotatable bonds is 4. The van der Waals surface area contributed by atoms with Crippen molar-refractivity contribution in [3.8, 4) is 0 Å². The molecule has 0 N–H and O–H groups in total. The quantitative estimate of drug-likeness (QED) is 0.625. The lowest BCUT2D eigenvalue weighted by Gasteiger charge is -2.29. The zero-order valence-corrected chi connectivity index (χ0v) is 8.68. The first-order chi connectivity index (χ1) is 5.86. The summed E-state index contributed by atoms with van der Waals surface area (Å²) in [4.78, 5) is 2.65. The van der Waals surface area contributed by atoms with Crippen molar-refractivity contribution in [2.75, 3.05) is 19.6 Å². The molecule has 1 nitrogen and oxygen atoms in total. The Morgan fingerprint density at radius 1 is 1.00 bits per heavy atom. The second kappa shape index (κ2) is 5.58. The number of likely N-dealkylation sites (tertiary alicyclic amines) is 1. The monoisotopic (exact) mass is 169 g/mol. The molecule has 0 aromatic carbocycles. The van der Waals surface area contributed by atoms with E-state index in [0.717, 1.165) is 5.92 Å². The zero-order chi connectivity index (χ0) is 8.81. The van der Waals surface area contributed by atoms with Crippen LogP contribution < -0.4 is 0 Å². The highest BCUT2D eigenvalue weighted by molar-refractivity contribution is 4.68. The number of nitrogens with zero attached hydrogens (tertiary/aromatic N) is 1. The van der Waals surface area contributed by atoms with Gasteiger partial charge >= 0.3 is 0 Å². The first-order valence-corrected chi connectivity index (χ1v) is 5.59. The van der Waals surface area contributed by atoms with Crippen LogP contribution in [-0.2, 0) is 0 Å². The van der Waals surface area contributed by atoms with Gasteiger partial charge in [-0.15, -0.1) is 0 Å². The molecule has 1 rings (SSSR count). The molecular weight excluding hydrogens is 146 g/mol. The average molecular weight is 169 g/mol. The Balaban J connectivity index is 2.18. The second-order valence-electron chi connectivity index (χ2n) is 4.04. The molecule has 1 heteroatoms. The van der Waals surface area contributed by atoms with Crippen molar-refractivity contribution in [3.63, 3.8) is 0 Å². The molecule has 0 aromatic rings. The fraction of sp³-hybridized carbons (Fsp3) is 1.00. The van der Waals surface area contributed by atoms with Gasteiger partial charge in [-0.2, -0.15) is 0 Å². The van der Waals surface area contributed by atoms with Crippen molar-refractivity contribution >= 4 is 0 Å². The van der Waals surface area contributed by atoms with Gasteiger partial charge in [0.05, 0.1) is 0 Å². The van der Waals surface area contributed by atoms with E-state index in [1.807, 2.05) is 0 Å². The molecule has 0 atom stereocenters. The molecule has 12 heavy (non-hydrogen) atoms. The SMILES string of the molecule is CCC(CC)CN1CCCCC1. The van der Waals surface area contributed by atoms with Gasteiger partial charge in [-0.1, -0.05) is 33.1 Å². The van der Waals surface area contributed by atoms with Gasteiger partial charge in [0.1, 0.15) is 0 Å². The molecule has 1 aliphatic rings. The van der Waals surface area contributed by atoms with Crippen LogP contribution in [0.5, 0.6) is 0 Å². The molecule has 1 aliphatic heterocycles. The van der Waals surface area contributed by atoms with Crippen LogP contribution in [0.25, 0.3) is 0 Å². The zero-order valence-electron chi connectivity index (χ0n) is 8.68. The van der Waals surface area contributed by atoms with Crippen LogP contribution in [0.1, 0.15) is 46.0 Å². The number of hydrogen-bond donors (Lipinski definition) is 0. The summed E-state index contributed by atoms with van der Waals surface area (Å²) in [5, 5.41) is 0. The molecule has 0 aromatic heterocycles. The topological polar surface area (TPSA) is 3.24 Å². The maximum Gasteiger partial charge on any atom is 0.000945 e. The van der Waals surface area contributed by atoms with Gasteiger partial charge in [0.15, 0.2) is 0 Å². The summed E-state index contributed by atoms with van der Waals surface area (Å²) in [7, 11) is 0. The lowest BCUT2D eigenvalue weighted by molar-refractivity contribution is 0.190. The Labute approximate surface area is 77.1 Å². The minimum absolute atomic E-state index is 0.947. The van der Waals surface area contributed by atoms with Crippen molar-refractivity contribution in [2.45, 2.75) is 46.0 Å². The summed E-state index contributed by atoms with van der Waals surface area (Å²) < 4.78 is 0. The highest BCUT2D eigenvalue weighted by Gasteiger charge is 2.13. The second-order valence-corrected chi connectivity index (χ2v) is 4.04. The lowest BCUT2D eigenvalue weighted by Crippen LogP contribution is -2.33. The van der Waals surface area contributed by atoms with Gasteiger partial charge in [-0.05, 0) is 31.8 Å². The summed E-state index contributed by atoms with van der Waals surface area (Å²) in [6.07, 6.45) is 7.03. The van der Waals surface area contributed by atoms with Crippen LogP contribution in [0, 0.1) is 5.92 Å². The summed E-state index contributed by atoms with van der Waals surface area (Å²) in [6.45, 7) is 8.70. The molecule has 1 heterocycles. The average Bonchev–Trinajstić information content (AvgIpc) is 2.16. The fourth-order valence-corrected chi connectivity index (χ4v) is 2.05. The largest absolute Gasteiger partial charge is 0.303 e. The Morgan fingerprint density at radius 2 is 1.58 bits per heavy atom. The third-order valence-corrected chi connectivity index (χ3v) is 3.12. The Morgan fingerprint density at radius 3 is 2.08 bits per heavy atom. The van der Waals surface area contributed by atoms with Gasteiger partial charge in [0.25, 0.3) is 0 Å². The van der Waals surface area contributed by atoms with E-state index in [-0.39, 0.29) is 0 Å². The molecule has 0 amide bonds. The van der Waals surface area contributed by atoms with E-state index in [2.05, 4.69) is 18.7 Å². The Hall–Kier alpha value is -0.0400. The van der Waals surface area contributed by atoms with Crippen molar-refractivity contribution in [2.24, 2.45) is 5.92 Å². The first kappa shape index (κ1) is 10.0. The summed E-state index contributed by atoms with van der Waals surface area (Å²) >= 11 is 0. The molecule has 0 saturated carbocycles. The van der Waals surface area contributed by atoms with E-state index in [0.29, 0.717) is 0 Å². The van der Waals surface area contributed by atoms with Crippen LogP contribution >= 0.6 is 0 Å². The van der Waals surface area contributed by atoms with Gasteiger partial charge in [-0.3, -0.25) is 0 Å². The molecular formula is C11H23N. The van der Waals surface area contributed by atoms with Crippen LogP contribution in [-0.4, -0.2) is 24.5 Å². The van der Waals surface area contributed by atoms with E-state index in [1.165, 1.54) is 51.7 Å². The summed E-state index contributed by atoms with van der Waals surface area (Å²) in [5.74, 6) is 0.947. The van der Waals surface area contributed by atoms with Crippen molar-refractivity contribution in [1.82, 2.24) is 4.90 Å². The van der Waals surface area contributed by atoms with E-state index in [9.17, 15) is 0 Å². The summed E-state index contributed by atoms with van der Waals surface area (Å²) in [5.41, 5.74) is 0. The fourth-order valence-electron chi connectivity index (χ4n) is 2.05. The van der Waals surface area contributed by atoms with E-state index >= 15 is 0 Å². The van der Waals surface area contributed by atoms with Gasteiger partial charge in [-0.25, -0.2) is 0 Å². The van der Waals surface area contributed by atoms with Crippen molar-refractivity contribution in [3.05, 3.63) is 0 Å². The maximum atomic E-state index is 2.65. The molecule has 0 unspecified atom stereocenters. The van der Waals surface area contributed by atoms with Crippen LogP contribution in [0.15, 0.2) is 0 Å². The van der Waals surface area contributed by atoms with Crippen LogP contribution in [0.3, 0.4) is 0 Å². The molecule has 0 radical (unpaired) electrons. The molecule has 0 aliphatic carbocycles. The first-order valence-electron chi connectivity index (χ1n) is 5.59.